The van der Waals surface area contributed by atoms with Crippen LogP contribution in [0.5, 0.6) is 0 Å². The number of rotatable bonds is 3. The Labute approximate surface area is 101 Å². The summed E-state index contributed by atoms with van der Waals surface area (Å²) < 4.78 is 0. The summed E-state index contributed by atoms with van der Waals surface area (Å²) in [6, 6.07) is 13.1. The van der Waals surface area contributed by atoms with Crippen LogP contribution in [0.1, 0.15) is 28.8 Å². The van der Waals surface area contributed by atoms with Crippen molar-refractivity contribution in [2.24, 2.45) is 5.73 Å². The highest BCUT2D eigenvalue weighted by molar-refractivity contribution is 7.10. The van der Waals surface area contributed by atoms with Crippen LogP contribution in [-0.4, -0.2) is 6.04 Å². The molecule has 0 saturated carbocycles. The number of thiophene rings is 1. The molecular formula is C14H17NS. The first kappa shape index (κ1) is 11.4. The van der Waals surface area contributed by atoms with Crippen molar-refractivity contribution in [2.45, 2.75) is 25.8 Å². The molecule has 0 aliphatic heterocycles. The number of hydrogen-bond donors (Lipinski definition) is 1. The smallest absolute Gasteiger partial charge is 0.0332 e. The minimum absolute atomic E-state index is 0.140. The molecule has 2 N–H and O–H groups in total. The minimum Gasteiger partial charge on any atom is -0.327 e. The quantitative estimate of drug-likeness (QED) is 0.859. The zero-order valence-electron chi connectivity index (χ0n) is 9.68. The Morgan fingerprint density at radius 2 is 1.81 bits per heavy atom. The van der Waals surface area contributed by atoms with Crippen molar-refractivity contribution in [1.29, 1.82) is 0 Å². The van der Waals surface area contributed by atoms with E-state index in [1.165, 1.54) is 16.0 Å². The summed E-state index contributed by atoms with van der Waals surface area (Å²) in [5.74, 6) is 0.320. The third-order valence-corrected chi connectivity index (χ3v) is 3.77. The first-order valence-electron chi connectivity index (χ1n) is 5.54. The molecule has 0 aliphatic carbocycles. The van der Waals surface area contributed by atoms with Gasteiger partial charge in [-0.1, -0.05) is 35.9 Å². The largest absolute Gasteiger partial charge is 0.327 e. The molecule has 0 amide bonds. The van der Waals surface area contributed by atoms with Gasteiger partial charge in [0.1, 0.15) is 0 Å². The second-order valence-corrected chi connectivity index (χ2v) is 5.24. The fourth-order valence-corrected chi connectivity index (χ4v) is 2.94. The number of hydrogen-bond acceptors (Lipinski definition) is 2. The van der Waals surface area contributed by atoms with Gasteiger partial charge in [-0.15, -0.1) is 11.3 Å². The predicted octanol–water partition coefficient (Wildman–Crippen LogP) is 3.54. The molecular weight excluding hydrogens is 214 g/mol. The predicted molar refractivity (Wildman–Crippen MR) is 71.0 cm³/mol. The minimum atomic E-state index is 0.140. The van der Waals surface area contributed by atoms with Crippen molar-refractivity contribution in [3.63, 3.8) is 0 Å². The van der Waals surface area contributed by atoms with Gasteiger partial charge in [0.15, 0.2) is 0 Å². The first-order valence-corrected chi connectivity index (χ1v) is 6.42. The molecule has 0 fully saturated rings. The van der Waals surface area contributed by atoms with Gasteiger partial charge in [0, 0.05) is 16.8 Å². The van der Waals surface area contributed by atoms with Crippen LogP contribution in [0, 0.1) is 6.92 Å². The Morgan fingerprint density at radius 3 is 2.31 bits per heavy atom. The fourth-order valence-electron chi connectivity index (χ4n) is 1.97. The molecule has 0 spiro atoms. The molecule has 2 aromatic rings. The monoisotopic (exact) mass is 231 g/mol. The van der Waals surface area contributed by atoms with Gasteiger partial charge in [-0.2, -0.15) is 0 Å². The Balaban J connectivity index is 2.37. The number of aryl methyl sites for hydroxylation is 1. The summed E-state index contributed by atoms with van der Waals surface area (Å²) in [5.41, 5.74) is 8.70. The van der Waals surface area contributed by atoms with Crippen molar-refractivity contribution in [3.05, 3.63) is 57.8 Å². The van der Waals surface area contributed by atoms with E-state index in [0.717, 1.165) is 0 Å². The maximum atomic E-state index is 6.10. The molecule has 0 bridgehead atoms. The Morgan fingerprint density at radius 1 is 1.12 bits per heavy atom. The molecule has 2 heteroatoms. The van der Waals surface area contributed by atoms with E-state index < -0.39 is 0 Å². The van der Waals surface area contributed by atoms with Crippen molar-refractivity contribution in [1.82, 2.24) is 0 Å². The fraction of sp³-hybridized carbons (Fsp3) is 0.286. The van der Waals surface area contributed by atoms with Crippen LogP contribution in [0.25, 0.3) is 0 Å². The molecule has 1 nitrogen and oxygen atoms in total. The van der Waals surface area contributed by atoms with Gasteiger partial charge in [0.25, 0.3) is 0 Å². The summed E-state index contributed by atoms with van der Waals surface area (Å²) in [6.07, 6.45) is 0. The Kier molecular flexibility index (Phi) is 3.42. The van der Waals surface area contributed by atoms with E-state index in [1.54, 1.807) is 11.3 Å². The molecule has 0 radical (unpaired) electrons. The van der Waals surface area contributed by atoms with E-state index >= 15 is 0 Å². The molecule has 0 saturated heterocycles. The van der Waals surface area contributed by atoms with Gasteiger partial charge in [0.2, 0.25) is 0 Å². The second kappa shape index (κ2) is 4.81. The maximum absolute atomic E-state index is 6.10. The van der Waals surface area contributed by atoms with Crippen LogP contribution >= 0.6 is 11.3 Å². The van der Waals surface area contributed by atoms with E-state index in [-0.39, 0.29) is 6.04 Å². The van der Waals surface area contributed by atoms with E-state index in [4.69, 9.17) is 5.73 Å². The molecule has 1 heterocycles. The van der Waals surface area contributed by atoms with Crippen LogP contribution in [0.4, 0.5) is 0 Å². The van der Waals surface area contributed by atoms with Gasteiger partial charge < -0.3 is 5.73 Å². The number of nitrogens with two attached hydrogens (primary N) is 1. The SMILES string of the molecule is Cc1ccc(C(c2cccs2)C(C)N)cc1. The van der Waals surface area contributed by atoms with Crippen LogP contribution in [-0.2, 0) is 0 Å². The highest BCUT2D eigenvalue weighted by atomic mass is 32.1. The average Bonchev–Trinajstić information content (AvgIpc) is 2.74. The summed E-state index contributed by atoms with van der Waals surface area (Å²) in [4.78, 5) is 1.35. The van der Waals surface area contributed by atoms with Crippen molar-refractivity contribution < 1.29 is 0 Å². The van der Waals surface area contributed by atoms with Crippen LogP contribution in [0.3, 0.4) is 0 Å². The van der Waals surface area contributed by atoms with E-state index in [2.05, 4.69) is 55.6 Å². The van der Waals surface area contributed by atoms with E-state index in [9.17, 15) is 0 Å². The van der Waals surface area contributed by atoms with E-state index in [0.29, 0.717) is 5.92 Å². The molecule has 0 aliphatic rings. The van der Waals surface area contributed by atoms with Gasteiger partial charge in [-0.3, -0.25) is 0 Å². The molecule has 84 valence electrons. The van der Waals surface area contributed by atoms with Crippen molar-refractivity contribution in [2.75, 3.05) is 0 Å². The Hall–Kier alpha value is -1.12. The lowest BCUT2D eigenvalue weighted by molar-refractivity contribution is 0.653. The topological polar surface area (TPSA) is 26.0 Å². The molecule has 2 unspecified atom stereocenters. The third kappa shape index (κ3) is 2.34. The highest BCUT2D eigenvalue weighted by Gasteiger charge is 2.19. The zero-order valence-corrected chi connectivity index (χ0v) is 10.5. The van der Waals surface area contributed by atoms with Gasteiger partial charge in [-0.05, 0) is 30.9 Å². The molecule has 1 aromatic heterocycles. The van der Waals surface area contributed by atoms with E-state index in [1.807, 2.05) is 0 Å². The summed E-state index contributed by atoms with van der Waals surface area (Å²) in [7, 11) is 0. The Bertz CT molecular complexity index is 428. The van der Waals surface area contributed by atoms with Gasteiger partial charge >= 0.3 is 0 Å². The number of benzene rings is 1. The summed E-state index contributed by atoms with van der Waals surface area (Å²) >= 11 is 1.78. The average molecular weight is 231 g/mol. The van der Waals surface area contributed by atoms with Crippen molar-refractivity contribution in [3.8, 4) is 0 Å². The summed E-state index contributed by atoms with van der Waals surface area (Å²) in [5, 5.41) is 2.11. The standard InChI is InChI=1S/C14H17NS/c1-10-5-7-12(8-6-10)14(11(2)15)13-4-3-9-16-13/h3-9,11,14H,15H2,1-2H3. The van der Waals surface area contributed by atoms with Crippen LogP contribution in [0.2, 0.25) is 0 Å². The first-order chi connectivity index (χ1) is 7.68. The van der Waals surface area contributed by atoms with Crippen LogP contribution in [0.15, 0.2) is 41.8 Å². The van der Waals surface area contributed by atoms with Crippen LogP contribution < -0.4 is 5.73 Å². The van der Waals surface area contributed by atoms with Gasteiger partial charge in [-0.25, -0.2) is 0 Å². The summed E-state index contributed by atoms with van der Waals surface area (Å²) in [6.45, 7) is 4.18. The highest BCUT2D eigenvalue weighted by Crippen LogP contribution is 2.30. The lowest BCUT2D eigenvalue weighted by Gasteiger charge is -2.20. The molecule has 16 heavy (non-hydrogen) atoms. The van der Waals surface area contributed by atoms with Gasteiger partial charge in [0.05, 0.1) is 0 Å². The molecule has 2 atom stereocenters. The lowest BCUT2D eigenvalue weighted by atomic mass is 9.91. The maximum Gasteiger partial charge on any atom is 0.0332 e. The molecule has 2 rings (SSSR count). The van der Waals surface area contributed by atoms with Crippen molar-refractivity contribution >= 4 is 11.3 Å². The zero-order chi connectivity index (χ0) is 11.5. The normalized spacial score (nSPS) is 14.7. The second-order valence-electron chi connectivity index (χ2n) is 4.26. The lowest BCUT2D eigenvalue weighted by Crippen LogP contribution is -2.25. The third-order valence-electron chi connectivity index (χ3n) is 2.81. The molecule has 1 aromatic carbocycles.